The van der Waals surface area contributed by atoms with E-state index in [9.17, 15) is 9.90 Å². The minimum Gasteiger partial charge on any atom is -0.467 e. The van der Waals surface area contributed by atoms with Crippen molar-refractivity contribution in [3.8, 4) is 11.5 Å². The van der Waals surface area contributed by atoms with Crippen LogP contribution in [0.15, 0.2) is 51.6 Å². The van der Waals surface area contributed by atoms with Gasteiger partial charge in [-0.1, -0.05) is 5.16 Å². The highest BCUT2D eigenvalue weighted by molar-refractivity contribution is 5.94. The molecule has 2 atom stereocenters. The quantitative estimate of drug-likeness (QED) is 0.715. The number of aromatic nitrogens is 2. The molecule has 7 nitrogen and oxygen atoms in total. The molecule has 0 aliphatic heterocycles. The molecule has 3 rings (SSSR count). The number of aliphatic hydroxyl groups excluding tert-OH is 1. The van der Waals surface area contributed by atoms with Crippen LogP contribution in [-0.2, 0) is 0 Å². The number of rotatable bonds is 6. The van der Waals surface area contributed by atoms with Crippen molar-refractivity contribution in [3.63, 3.8) is 0 Å². The molecule has 0 radical (unpaired) electrons. The summed E-state index contributed by atoms with van der Waals surface area (Å²) in [7, 11) is 0. The van der Waals surface area contributed by atoms with Gasteiger partial charge in [-0.15, -0.1) is 0 Å². The normalized spacial score (nSPS) is 13.4. The van der Waals surface area contributed by atoms with Gasteiger partial charge in [-0.2, -0.15) is 4.98 Å². The summed E-state index contributed by atoms with van der Waals surface area (Å²) in [5.41, 5.74) is 1.26. The van der Waals surface area contributed by atoms with Gasteiger partial charge < -0.3 is 19.4 Å². The van der Waals surface area contributed by atoms with Gasteiger partial charge in [0.25, 0.3) is 11.8 Å². The summed E-state index contributed by atoms with van der Waals surface area (Å²) in [4.78, 5) is 16.5. The maximum absolute atomic E-state index is 12.3. The zero-order valence-electron chi connectivity index (χ0n) is 14.0. The van der Waals surface area contributed by atoms with E-state index in [1.54, 1.807) is 43.3 Å². The first-order valence-electron chi connectivity index (χ1n) is 7.96. The van der Waals surface area contributed by atoms with Gasteiger partial charge in [0, 0.05) is 23.6 Å². The van der Waals surface area contributed by atoms with E-state index in [-0.39, 0.29) is 11.9 Å². The highest BCUT2D eigenvalue weighted by Crippen LogP contribution is 2.20. The molecule has 2 unspecified atom stereocenters. The SMILES string of the molecule is Cc1noc(-c2ccc(C(=O)NC(C)CC(O)c3ccco3)cc2)n1. The monoisotopic (exact) mass is 341 g/mol. The van der Waals surface area contributed by atoms with Gasteiger partial charge in [-0.05, 0) is 50.2 Å². The number of furan rings is 1. The molecule has 0 aliphatic carbocycles. The second kappa shape index (κ2) is 7.31. The molecule has 0 bridgehead atoms. The number of benzene rings is 1. The number of aliphatic hydroxyl groups is 1. The van der Waals surface area contributed by atoms with Crippen molar-refractivity contribution in [1.29, 1.82) is 0 Å². The van der Waals surface area contributed by atoms with Gasteiger partial charge in [0.15, 0.2) is 5.82 Å². The zero-order valence-corrected chi connectivity index (χ0v) is 14.0. The molecule has 2 heterocycles. The maximum Gasteiger partial charge on any atom is 0.257 e. The summed E-state index contributed by atoms with van der Waals surface area (Å²) in [6.45, 7) is 3.58. The van der Waals surface area contributed by atoms with Crippen LogP contribution in [0.2, 0.25) is 0 Å². The number of nitrogens with one attached hydrogen (secondary N) is 1. The molecule has 2 aromatic heterocycles. The summed E-state index contributed by atoms with van der Waals surface area (Å²) in [6, 6.07) is 10.1. The Labute approximate surface area is 144 Å². The van der Waals surface area contributed by atoms with E-state index < -0.39 is 6.10 Å². The Morgan fingerprint density at radius 3 is 2.64 bits per heavy atom. The summed E-state index contributed by atoms with van der Waals surface area (Å²) >= 11 is 0. The lowest BCUT2D eigenvalue weighted by atomic mass is 10.1. The molecule has 130 valence electrons. The third-order valence-electron chi connectivity index (χ3n) is 3.75. The van der Waals surface area contributed by atoms with Crippen LogP contribution in [0.5, 0.6) is 0 Å². The third kappa shape index (κ3) is 4.13. The molecule has 0 fully saturated rings. The van der Waals surface area contributed by atoms with Gasteiger partial charge >= 0.3 is 0 Å². The maximum atomic E-state index is 12.3. The number of aryl methyl sites for hydroxylation is 1. The van der Waals surface area contributed by atoms with Gasteiger partial charge in [-0.3, -0.25) is 4.79 Å². The number of carbonyl (C=O) groups excluding carboxylic acids is 1. The second-order valence-corrected chi connectivity index (χ2v) is 5.87. The number of carbonyl (C=O) groups is 1. The van der Waals surface area contributed by atoms with Crippen LogP contribution in [0.25, 0.3) is 11.5 Å². The second-order valence-electron chi connectivity index (χ2n) is 5.87. The lowest BCUT2D eigenvalue weighted by Crippen LogP contribution is -2.33. The van der Waals surface area contributed by atoms with Crippen molar-refractivity contribution in [2.45, 2.75) is 32.4 Å². The van der Waals surface area contributed by atoms with Crippen LogP contribution in [0.1, 0.15) is 41.4 Å². The number of amides is 1. The lowest BCUT2D eigenvalue weighted by Gasteiger charge is -2.16. The highest BCUT2D eigenvalue weighted by Gasteiger charge is 2.17. The first kappa shape index (κ1) is 16.9. The van der Waals surface area contributed by atoms with Gasteiger partial charge in [-0.25, -0.2) is 0 Å². The van der Waals surface area contributed by atoms with Crippen molar-refractivity contribution in [2.75, 3.05) is 0 Å². The van der Waals surface area contributed by atoms with E-state index in [1.165, 1.54) is 6.26 Å². The summed E-state index contributed by atoms with van der Waals surface area (Å²) in [6.07, 6.45) is 1.11. The molecular weight excluding hydrogens is 322 g/mol. The fourth-order valence-electron chi connectivity index (χ4n) is 2.48. The minimum absolute atomic E-state index is 0.215. The van der Waals surface area contributed by atoms with Crippen molar-refractivity contribution in [3.05, 3.63) is 59.8 Å². The Morgan fingerprint density at radius 2 is 2.04 bits per heavy atom. The van der Waals surface area contributed by atoms with Crippen LogP contribution < -0.4 is 5.32 Å². The average molecular weight is 341 g/mol. The molecular formula is C18H19N3O4. The Bertz CT molecular complexity index is 824. The fraction of sp³-hybridized carbons (Fsp3) is 0.278. The van der Waals surface area contributed by atoms with E-state index >= 15 is 0 Å². The van der Waals surface area contributed by atoms with Crippen molar-refractivity contribution < 1.29 is 18.8 Å². The molecule has 1 aromatic carbocycles. The predicted molar refractivity (Wildman–Crippen MR) is 89.7 cm³/mol. The molecule has 1 amide bonds. The Morgan fingerprint density at radius 1 is 1.28 bits per heavy atom. The van der Waals surface area contributed by atoms with Crippen LogP contribution in [0.3, 0.4) is 0 Å². The first-order valence-corrected chi connectivity index (χ1v) is 7.96. The topological polar surface area (TPSA) is 101 Å². The van der Waals surface area contributed by atoms with Crippen LogP contribution in [-0.4, -0.2) is 27.2 Å². The van der Waals surface area contributed by atoms with Crippen molar-refractivity contribution >= 4 is 5.91 Å². The van der Waals surface area contributed by atoms with Crippen LogP contribution in [0.4, 0.5) is 0 Å². The Hall–Kier alpha value is -2.93. The summed E-state index contributed by atoms with van der Waals surface area (Å²) in [5, 5.41) is 16.7. The first-order chi connectivity index (χ1) is 12.0. The van der Waals surface area contributed by atoms with Crippen LogP contribution >= 0.6 is 0 Å². The average Bonchev–Trinajstić information content (AvgIpc) is 3.26. The smallest absolute Gasteiger partial charge is 0.257 e. The molecule has 2 N–H and O–H groups in total. The van der Waals surface area contributed by atoms with E-state index in [2.05, 4.69) is 15.5 Å². The predicted octanol–water partition coefficient (Wildman–Crippen LogP) is 2.88. The van der Waals surface area contributed by atoms with Crippen molar-refractivity contribution in [2.24, 2.45) is 0 Å². The highest BCUT2D eigenvalue weighted by atomic mass is 16.5. The fourth-order valence-corrected chi connectivity index (χ4v) is 2.48. The summed E-state index contributed by atoms with van der Waals surface area (Å²) in [5.74, 6) is 1.24. The van der Waals surface area contributed by atoms with E-state index in [1.807, 2.05) is 6.92 Å². The molecule has 25 heavy (non-hydrogen) atoms. The van der Waals surface area contributed by atoms with E-state index in [0.29, 0.717) is 29.5 Å². The molecule has 0 saturated carbocycles. The zero-order chi connectivity index (χ0) is 17.8. The van der Waals surface area contributed by atoms with Gasteiger partial charge in [0.05, 0.1) is 6.26 Å². The van der Waals surface area contributed by atoms with E-state index in [4.69, 9.17) is 8.94 Å². The lowest BCUT2D eigenvalue weighted by molar-refractivity contribution is 0.0903. The Balaban J connectivity index is 1.59. The molecule has 0 saturated heterocycles. The largest absolute Gasteiger partial charge is 0.467 e. The molecule has 3 aromatic rings. The number of nitrogens with zero attached hydrogens (tertiary/aromatic N) is 2. The molecule has 7 heteroatoms. The number of hydrogen-bond donors (Lipinski definition) is 2. The molecule has 0 aliphatic rings. The van der Waals surface area contributed by atoms with Crippen LogP contribution in [0, 0.1) is 6.92 Å². The third-order valence-corrected chi connectivity index (χ3v) is 3.75. The minimum atomic E-state index is -0.756. The molecule has 0 spiro atoms. The summed E-state index contributed by atoms with van der Waals surface area (Å²) < 4.78 is 10.3. The standard InChI is InChI=1S/C18H19N3O4/c1-11(10-15(22)16-4-3-9-24-16)19-17(23)13-5-7-14(8-6-13)18-20-12(2)21-25-18/h3-9,11,15,22H,10H2,1-2H3,(H,19,23). The van der Waals surface area contributed by atoms with Gasteiger partial charge in [0.1, 0.15) is 11.9 Å². The number of hydrogen-bond acceptors (Lipinski definition) is 6. The van der Waals surface area contributed by atoms with Gasteiger partial charge in [0.2, 0.25) is 0 Å². The van der Waals surface area contributed by atoms with Crippen molar-refractivity contribution in [1.82, 2.24) is 15.5 Å². The Kier molecular flexibility index (Phi) is 4.95. The van der Waals surface area contributed by atoms with E-state index in [0.717, 1.165) is 5.56 Å².